The van der Waals surface area contributed by atoms with Crippen LogP contribution in [0.15, 0.2) is 41.0 Å². The summed E-state index contributed by atoms with van der Waals surface area (Å²) in [6, 6.07) is 8.89. The van der Waals surface area contributed by atoms with Gasteiger partial charge in [-0.3, -0.25) is 9.59 Å². The third-order valence-corrected chi connectivity index (χ3v) is 3.63. The molecule has 1 aromatic carbocycles. The molecule has 0 saturated carbocycles. The van der Waals surface area contributed by atoms with Crippen LogP contribution in [0.3, 0.4) is 0 Å². The Morgan fingerprint density at radius 3 is 2.86 bits per heavy atom. The number of nitrogens with zero attached hydrogens (tertiary/aromatic N) is 1. The van der Waals surface area contributed by atoms with Crippen molar-refractivity contribution in [3.8, 4) is 0 Å². The maximum Gasteiger partial charge on any atom is 0.258 e. The standard InChI is InChI=1S/C16H17N3O3/c17-9-12-8-11(10-22-12)16(21)18-13-4-1-2-5-14(13)19-7-3-6-15(19)20/h1-2,4-5,8,10H,3,6-7,9,17H2,(H,18,21). The fourth-order valence-corrected chi connectivity index (χ4v) is 2.52. The zero-order valence-electron chi connectivity index (χ0n) is 12.0. The van der Waals surface area contributed by atoms with Crippen LogP contribution in [0.1, 0.15) is 29.0 Å². The molecule has 2 amide bonds. The highest BCUT2D eigenvalue weighted by atomic mass is 16.3. The minimum Gasteiger partial charge on any atom is -0.467 e. The molecule has 114 valence electrons. The third-order valence-electron chi connectivity index (χ3n) is 3.63. The minimum absolute atomic E-state index is 0.0791. The van der Waals surface area contributed by atoms with Gasteiger partial charge in [0.15, 0.2) is 0 Å². The highest BCUT2D eigenvalue weighted by molar-refractivity contribution is 6.07. The number of anilines is 2. The highest BCUT2D eigenvalue weighted by Gasteiger charge is 2.24. The zero-order valence-corrected chi connectivity index (χ0v) is 12.0. The van der Waals surface area contributed by atoms with Crippen LogP contribution in [-0.2, 0) is 11.3 Å². The first kappa shape index (κ1) is 14.3. The van der Waals surface area contributed by atoms with Crippen LogP contribution in [0.4, 0.5) is 11.4 Å². The van der Waals surface area contributed by atoms with Crippen LogP contribution in [0.5, 0.6) is 0 Å². The predicted molar refractivity (Wildman–Crippen MR) is 82.6 cm³/mol. The highest BCUT2D eigenvalue weighted by Crippen LogP contribution is 2.29. The van der Waals surface area contributed by atoms with Gasteiger partial charge in [0.2, 0.25) is 5.91 Å². The molecule has 6 heteroatoms. The lowest BCUT2D eigenvalue weighted by molar-refractivity contribution is -0.117. The predicted octanol–water partition coefficient (Wildman–Crippen LogP) is 2.12. The summed E-state index contributed by atoms with van der Waals surface area (Å²) in [7, 11) is 0. The van der Waals surface area contributed by atoms with Crippen molar-refractivity contribution in [1.82, 2.24) is 0 Å². The second kappa shape index (κ2) is 6.03. The fraction of sp³-hybridized carbons (Fsp3) is 0.250. The number of para-hydroxylation sites is 2. The topological polar surface area (TPSA) is 88.6 Å². The molecular formula is C16H17N3O3. The zero-order chi connectivity index (χ0) is 15.5. The van der Waals surface area contributed by atoms with Gasteiger partial charge < -0.3 is 20.4 Å². The van der Waals surface area contributed by atoms with Gasteiger partial charge in [0.1, 0.15) is 12.0 Å². The molecule has 2 heterocycles. The average molecular weight is 299 g/mol. The Labute approximate surface area is 127 Å². The van der Waals surface area contributed by atoms with Crippen LogP contribution in [0.2, 0.25) is 0 Å². The summed E-state index contributed by atoms with van der Waals surface area (Å²) >= 11 is 0. The van der Waals surface area contributed by atoms with Crippen molar-refractivity contribution in [2.75, 3.05) is 16.8 Å². The van der Waals surface area contributed by atoms with Gasteiger partial charge in [-0.25, -0.2) is 0 Å². The van der Waals surface area contributed by atoms with Gasteiger partial charge in [-0.15, -0.1) is 0 Å². The molecule has 3 rings (SSSR count). The summed E-state index contributed by atoms with van der Waals surface area (Å²) in [5, 5.41) is 2.83. The Morgan fingerprint density at radius 1 is 1.36 bits per heavy atom. The lowest BCUT2D eigenvalue weighted by atomic mass is 10.2. The van der Waals surface area contributed by atoms with Crippen molar-refractivity contribution in [1.29, 1.82) is 0 Å². The Balaban J connectivity index is 1.83. The molecule has 0 bridgehead atoms. The van der Waals surface area contributed by atoms with E-state index < -0.39 is 0 Å². The number of carbonyl (C=O) groups is 2. The number of hydrogen-bond acceptors (Lipinski definition) is 4. The summed E-state index contributed by atoms with van der Waals surface area (Å²) in [6.07, 6.45) is 2.76. The maximum absolute atomic E-state index is 12.3. The van der Waals surface area contributed by atoms with Crippen molar-refractivity contribution in [3.05, 3.63) is 47.9 Å². The molecule has 6 nitrogen and oxygen atoms in total. The molecule has 0 unspecified atom stereocenters. The average Bonchev–Trinajstić information content (AvgIpc) is 3.16. The molecular weight excluding hydrogens is 282 g/mol. The smallest absolute Gasteiger partial charge is 0.258 e. The van der Waals surface area contributed by atoms with Crippen LogP contribution < -0.4 is 16.0 Å². The second-order valence-electron chi connectivity index (χ2n) is 5.13. The second-order valence-corrected chi connectivity index (χ2v) is 5.13. The van der Waals surface area contributed by atoms with E-state index in [0.717, 1.165) is 12.1 Å². The Bertz CT molecular complexity index is 708. The summed E-state index contributed by atoms with van der Waals surface area (Å²) < 4.78 is 5.17. The van der Waals surface area contributed by atoms with Crippen molar-refractivity contribution in [3.63, 3.8) is 0 Å². The summed E-state index contributed by atoms with van der Waals surface area (Å²) in [4.78, 5) is 25.9. The van der Waals surface area contributed by atoms with Crippen LogP contribution in [0.25, 0.3) is 0 Å². The number of amides is 2. The summed E-state index contributed by atoms with van der Waals surface area (Å²) in [5.41, 5.74) is 7.21. The van der Waals surface area contributed by atoms with Gasteiger partial charge in [-0.1, -0.05) is 12.1 Å². The van der Waals surface area contributed by atoms with E-state index in [1.165, 1.54) is 6.26 Å². The molecule has 1 aromatic heterocycles. The van der Waals surface area contributed by atoms with E-state index in [2.05, 4.69) is 5.32 Å². The molecule has 0 spiro atoms. The first-order chi connectivity index (χ1) is 10.7. The fourth-order valence-electron chi connectivity index (χ4n) is 2.52. The largest absolute Gasteiger partial charge is 0.467 e. The number of nitrogens with one attached hydrogen (secondary N) is 1. The number of furan rings is 1. The molecule has 1 aliphatic heterocycles. The summed E-state index contributed by atoms with van der Waals surface area (Å²) in [5.74, 6) is 0.339. The minimum atomic E-state index is -0.289. The molecule has 1 saturated heterocycles. The number of benzene rings is 1. The third kappa shape index (κ3) is 2.73. The monoisotopic (exact) mass is 299 g/mol. The quantitative estimate of drug-likeness (QED) is 0.905. The Kier molecular flexibility index (Phi) is 3.93. The lowest BCUT2D eigenvalue weighted by Crippen LogP contribution is -2.25. The molecule has 0 aliphatic carbocycles. The van der Waals surface area contributed by atoms with Gasteiger partial charge in [-0.05, 0) is 24.6 Å². The molecule has 2 aromatic rings. The van der Waals surface area contributed by atoms with E-state index in [-0.39, 0.29) is 18.4 Å². The Morgan fingerprint density at radius 2 is 2.18 bits per heavy atom. The van der Waals surface area contributed by atoms with Crippen LogP contribution >= 0.6 is 0 Å². The van der Waals surface area contributed by atoms with Crippen molar-refractivity contribution in [2.45, 2.75) is 19.4 Å². The number of carbonyl (C=O) groups excluding carboxylic acids is 2. The molecule has 1 fully saturated rings. The van der Waals surface area contributed by atoms with Gasteiger partial charge in [0.05, 0.1) is 23.5 Å². The van der Waals surface area contributed by atoms with E-state index in [0.29, 0.717) is 30.0 Å². The van der Waals surface area contributed by atoms with E-state index in [4.69, 9.17) is 10.2 Å². The molecule has 22 heavy (non-hydrogen) atoms. The SMILES string of the molecule is NCc1cc(C(=O)Nc2ccccc2N2CCCC2=O)co1. The van der Waals surface area contributed by atoms with Gasteiger partial charge in [-0.2, -0.15) is 0 Å². The van der Waals surface area contributed by atoms with Crippen molar-refractivity contribution >= 4 is 23.2 Å². The van der Waals surface area contributed by atoms with Gasteiger partial charge in [0.25, 0.3) is 5.91 Å². The van der Waals surface area contributed by atoms with E-state index >= 15 is 0 Å². The first-order valence-electron chi connectivity index (χ1n) is 7.17. The normalized spacial score (nSPS) is 14.4. The van der Waals surface area contributed by atoms with Crippen LogP contribution in [-0.4, -0.2) is 18.4 Å². The lowest BCUT2D eigenvalue weighted by Gasteiger charge is -2.19. The number of hydrogen-bond donors (Lipinski definition) is 2. The first-order valence-corrected chi connectivity index (χ1v) is 7.17. The van der Waals surface area contributed by atoms with E-state index in [1.54, 1.807) is 17.0 Å². The Hall–Kier alpha value is -2.60. The van der Waals surface area contributed by atoms with E-state index in [9.17, 15) is 9.59 Å². The maximum atomic E-state index is 12.3. The van der Waals surface area contributed by atoms with Crippen LogP contribution in [0, 0.1) is 0 Å². The molecule has 0 atom stereocenters. The number of rotatable bonds is 4. The van der Waals surface area contributed by atoms with E-state index in [1.807, 2.05) is 18.2 Å². The van der Waals surface area contributed by atoms with Gasteiger partial charge in [0, 0.05) is 13.0 Å². The van der Waals surface area contributed by atoms with Crippen molar-refractivity contribution < 1.29 is 14.0 Å². The number of nitrogens with two attached hydrogens (primary N) is 1. The molecule has 1 aliphatic rings. The van der Waals surface area contributed by atoms with Gasteiger partial charge >= 0.3 is 0 Å². The molecule has 0 radical (unpaired) electrons. The molecule has 3 N–H and O–H groups in total. The summed E-state index contributed by atoms with van der Waals surface area (Å²) in [6.45, 7) is 0.918. The van der Waals surface area contributed by atoms with Crippen molar-refractivity contribution in [2.24, 2.45) is 5.73 Å².